The number of benzene rings is 2. The maximum absolute atomic E-state index is 15.0. The van der Waals surface area contributed by atoms with Gasteiger partial charge < -0.3 is 5.32 Å². The van der Waals surface area contributed by atoms with Gasteiger partial charge in [0.2, 0.25) is 5.91 Å². The lowest BCUT2D eigenvalue weighted by Crippen LogP contribution is -2.52. The third-order valence-corrected chi connectivity index (χ3v) is 14.5. The van der Waals surface area contributed by atoms with Crippen LogP contribution in [-0.2, 0) is 41.3 Å². The molecule has 248 valence electrons. The van der Waals surface area contributed by atoms with Gasteiger partial charge in [0, 0.05) is 23.4 Å². The summed E-state index contributed by atoms with van der Waals surface area (Å²) in [6.45, 7) is 1.49. The highest BCUT2D eigenvalue weighted by Gasteiger charge is 2.73. The highest BCUT2D eigenvalue weighted by Crippen LogP contribution is 2.59. The van der Waals surface area contributed by atoms with E-state index in [1.807, 2.05) is 0 Å². The Labute approximate surface area is 254 Å². The van der Waals surface area contributed by atoms with Gasteiger partial charge in [-0.25, -0.2) is 25.6 Å². The van der Waals surface area contributed by atoms with Crippen LogP contribution in [-0.4, -0.2) is 52.1 Å². The number of hydrogen-bond donors (Lipinski definition) is 1. The predicted octanol–water partition coefficient (Wildman–Crippen LogP) is 5.84. The van der Waals surface area contributed by atoms with Crippen LogP contribution in [0.4, 0.5) is 35.1 Å². The van der Waals surface area contributed by atoms with Crippen LogP contribution in [0.1, 0.15) is 55.7 Å². The van der Waals surface area contributed by atoms with Gasteiger partial charge in [-0.2, -0.15) is 26.3 Å². The van der Waals surface area contributed by atoms with Crippen LogP contribution in [0.3, 0.4) is 0 Å². The van der Waals surface area contributed by atoms with Crippen LogP contribution in [0.15, 0.2) is 47.4 Å². The van der Waals surface area contributed by atoms with Gasteiger partial charge in [0.1, 0.15) is 10.6 Å². The molecule has 0 aromatic heterocycles. The molecule has 1 saturated heterocycles. The van der Waals surface area contributed by atoms with Crippen LogP contribution < -0.4 is 5.32 Å². The van der Waals surface area contributed by atoms with Gasteiger partial charge in [-0.05, 0) is 80.8 Å². The third-order valence-electron chi connectivity index (χ3n) is 9.66. The number of nitrogens with one attached hydrogen (secondary N) is 1. The molecular weight excluding hydrogens is 658 g/mol. The Morgan fingerprint density at radius 3 is 2.13 bits per heavy atom. The molecule has 16 heteroatoms. The standard InChI is InChI=1S/C29H29F8NO5S2/c1-16-14-18(11-13-44(16,40)41)25(39)38-24-10-12-26(45(42,43)21-6-4-20(30)5-7-21)22-9-3-19(15-17(22)2-8-23(24)26)27(31,28(32,33)34)29(35,36)37/h3-7,9,15-16,18,23-24H,2,8,10-14H2,1H3,(H,38,39)/t16-,18-,23-,24+,26+/m0/s1. The largest absolute Gasteiger partial charge is 0.435 e. The highest BCUT2D eigenvalue weighted by molar-refractivity contribution is 7.92. The number of sulfone groups is 2. The maximum Gasteiger partial charge on any atom is 0.435 e. The van der Waals surface area contributed by atoms with Gasteiger partial charge in [0.15, 0.2) is 19.7 Å². The molecule has 0 bridgehead atoms. The lowest BCUT2D eigenvalue weighted by Gasteiger charge is -2.43. The Bertz CT molecular complexity index is 1690. The van der Waals surface area contributed by atoms with Crippen LogP contribution in [0.5, 0.6) is 0 Å². The Kier molecular flexibility index (Phi) is 8.15. The van der Waals surface area contributed by atoms with E-state index >= 15 is 0 Å². The van der Waals surface area contributed by atoms with E-state index in [-0.39, 0.29) is 60.3 Å². The molecule has 6 nitrogen and oxygen atoms in total. The van der Waals surface area contributed by atoms with E-state index in [1.54, 1.807) is 0 Å². The topological polar surface area (TPSA) is 97.4 Å². The minimum atomic E-state index is -6.37. The molecule has 2 aromatic rings. The summed E-state index contributed by atoms with van der Waals surface area (Å²) in [5, 5.41) is 2.08. The maximum atomic E-state index is 15.0. The lowest BCUT2D eigenvalue weighted by molar-refractivity contribution is -0.348. The van der Waals surface area contributed by atoms with Crippen molar-refractivity contribution in [2.45, 2.75) is 84.4 Å². The molecule has 0 spiro atoms. The molecule has 1 N–H and O–H groups in total. The number of carbonyl (C=O) groups is 1. The molecule has 1 amide bonds. The number of amides is 1. The Morgan fingerprint density at radius 1 is 0.933 bits per heavy atom. The van der Waals surface area contributed by atoms with Crippen molar-refractivity contribution in [3.05, 3.63) is 65.0 Å². The Balaban J connectivity index is 1.59. The van der Waals surface area contributed by atoms with Gasteiger partial charge >= 0.3 is 18.0 Å². The van der Waals surface area contributed by atoms with Gasteiger partial charge in [-0.15, -0.1) is 0 Å². The summed E-state index contributed by atoms with van der Waals surface area (Å²) in [6, 6.07) is 4.44. The first-order valence-electron chi connectivity index (χ1n) is 14.1. The fraction of sp³-hybridized carbons (Fsp3) is 0.552. The molecule has 2 aliphatic carbocycles. The van der Waals surface area contributed by atoms with Gasteiger partial charge in [0.25, 0.3) is 0 Å². The summed E-state index contributed by atoms with van der Waals surface area (Å²) < 4.78 is 161. The summed E-state index contributed by atoms with van der Waals surface area (Å²) >= 11 is 0. The zero-order chi connectivity index (χ0) is 33.4. The van der Waals surface area contributed by atoms with Crippen molar-refractivity contribution >= 4 is 25.6 Å². The monoisotopic (exact) mass is 687 g/mol. The van der Waals surface area contributed by atoms with Crippen LogP contribution >= 0.6 is 0 Å². The Hall–Kier alpha value is -2.75. The predicted molar refractivity (Wildman–Crippen MR) is 146 cm³/mol. The molecule has 3 aliphatic rings. The van der Waals surface area contributed by atoms with Gasteiger partial charge in [0.05, 0.1) is 15.9 Å². The first kappa shape index (κ1) is 33.6. The minimum Gasteiger partial charge on any atom is -0.353 e. The average Bonchev–Trinajstić information content (AvgIpc) is 3.32. The van der Waals surface area contributed by atoms with Crippen LogP contribution in [0.2, 0.25) is 0 Å². The number of rotatable bonds is 5. The zero-order valence-corrected chi connectivity index (χ0v) is 25.3. The summed E-state index contributed by atoms with van der Waals surface area (Å²) in [7, 11) is -7.91. The molecule has 1 aliphatic heterocycles. The number of fused-ring (bicyclic) bond motifs is 3. The quantitative estimate of drug-likeness (QED) is 0.315. The van der Waals surface area contributed by atoms with Crippen molar-refractivity contribution < 1.29 is 56.8 Å². The van der Waals surface area contributed by atoms with E-state index in [1.165, 1.54) is 6.92 Å². The third kappa shape index (κ3) is 5.23. The van der Waals surface area contributed by atoms with Crippen molar-refractivity contribution in [2.24, 2.45) is 11.8 Å². The van der Waals surface area contributed by atoms with E-state index in [9.17, 15) is 56.8 Å². The van der Waals surface area contributed by atoms with E-state index in [2.05, 4.69) is 5.32 Å². The molecule has 1 saturated carbocycles. The number of alkyl halides is 7. The van der Waals surface area contributed by atoms with E-state index in [4.69, 9.17) is 0 Å². The van der Waals surface area contributed by atoms with Gasteiger partial charge in [-0.3, -0.25) is 4.79 Å². The first-order valence-corrected chi connectivity index (χ1v) is 17.3. The zero-order valence-electron chi connectivity index (χ0n) is 23.7. The first-order chi connectivity index (χ1) is 20.7. The van der Waals surface area contributed by atoms with E-state index in [0.29, 0.717) is 12.1 Å². The minimum absolute atomic E-state index is 0.0523. The molecule has 1 heterocycles. The SMILES string of the molecule is C[C@H]1C[C@@H](C(=O)N[C@@H]2CC[C@@]3(S(=O)(=O)c4ccc(F)cc4)c4ccc(C(F)(C(F)(F)F)C(F)(F)F)cc4CC[C@@H]23)CCS1(=O)=O. The molecule has 5 rings (SSSR count). The van der Waals surface area contributed by atoms with Crippen molar-refractivity contribution in [1.82, 2.24) is 5.32 Å². The summed E-state index contributed by atoms with van der Waals surface area (Å²) in [4.78, 5) is 12.9. The van der Waals surface area contributed by atoms with E-state index < -0.39 is 82.9 Å². The molecule has 2 fully saturated rings. The van der Waals surface area contributed by atoms with Crippen molar-refractivity contribution in [2.75, 3.05) is 5.75 Å². The average molecular weight is 688 g/mol. The van der Waals surface area contributed by atoms with Crippen LogP contribution in [0, 0.1) is 17.7 Å². The number of hydrogen-bond acceptors (Lipinski definition) is 5. The molecule has 0 unspecified atom stereocenters. The fourth-order valence-corrected chi connectivity index (χ4v) is 11.3. The molecule has 2 aromatic carbocycles. The summed E-state index contributed by atoms with van der Waals surface area (Å²) in [5.74, 6) is -3.04. The van der Waals surface area contributed by atoms with Crippen LogP contribution in [0.25, 0.3) is 0 Å². The smallest absolute Gasteiger partial charge is 0.353 e. The van der Waals surface area contributed by atoms with Crippen molar-refractivity contribution in [3.63, 3.8) is 0 Å². The second-order valence-electron chi connectivity index (χ2n) is 12.1. The van der Waals surface area contributed by atoms with E-state index in [0.717, 1.165) is 30.3 Å². The Morgan fingerprint density at radius 2 is 1.56 bits per heavy atom. The summed E-state index contributed by atoms with van der Waals surface area (Å²) in [6.07, 6.45) is -13.1. The highest BCUT2D eigenvalue weighted by atomic mass is 32.2. The van der Waals surface area contributed by atoms with Gasteiger partial charge in [-0.1, -0.05) is 18.2 Å². The normalized spacial score (nSPS) is 28.6. The number of carbonyl (C=O) groups excluding carboxylic acids is 1. The van der Waals surface area contributed by atoms with Crippen molar-refractivity contribution in [3.8, 4) is 0 Å². The lowest BCUT2D eigenvalue weighted by atomic mass is 9.73. The second kappa shape index (κ2) is 10.9. The van der Waals surface area contributed by atoms with Crippen molar-refractivity contribution in [1.29, 1.82) is 0 Å². The number of aryl methyl sites for hydroxylation is 1. The molecule has 45 heavy (non-hydrogen) atoms. The fourth-order valence-electron chi connectivity index (χ4n) is 7.26. The molecule has 0 radical (unpaired) electrons. The molecular formula is C29H29F8NO5S2. The second-order valence-corrected chi connectivity index (χ2v) is 16.8. The number of halogens is 8. The summed E-state index contributed by atoms with van der Waals surface area (Å²) in [5.41, 5.74) is -7.79. The molecule has 5 atom stereocenters.